The molecule has 0 aliphatic heterocycles. The molecule has 0 saturated heterocycles. The van der Waals surface area contributed by atoms with Gasteiger partial charge in [-0.1, -0.05) is 24.3 Å². The summed E-state index contributed by atoms with van der Waals surface area (Å²) in [6.45, 7) is 2.20. The number of hydrogen-bond donors (Lipinski definition) is 1. The number of esters is 1. The average molecular weight is 274 g/mol. The number of carbonyl (C=O) groups is 1. The second-order valence-corrected chi connectivity index (χ2v) is 4.61. The van der Waals surface area contributed by atoms with E-state index in [9.17, 15) is 4.79 Å². The van der Waals surface area contributed by atoms with Gasteiger partial charge in [-0.25, -0.2) is 0 Å². The molecule has 4 nitrogen and oxygen atoms in total. The van der Waals surface area contributed by atoms with Gasteiger partial charge >= 0.3 is 5.97 Å². The number of quaternary nitrogens is 1. The monoisotopic (exact) mass is 274 g/mol. The van der Waals surface area contributed by atoms with Crippen molar-refractivity contribution in [3.8, 4) is 5.75 Å². The molecule has 3 N–H and O–H groups in total. The van der Waals surface area contributed by atoms with Gasteiger partial charge in [0.1, 0.15) is 18.2 Å². The van der Waals surface area contributed by atoms with Gasteiger partial charge in [-0.15, -0.1) is 0 Å². The highest BCUT2D eigenvalue weighted by Crippen LogP contribution is 2.31. The molecule has 0 saturated carbocycles. The Morgan fingerprint density at radius 1 is 1.20 bits per heavy atom. The van der Waals surface area contributed by atoms with Gasteiger partial charge in [0.15, 0.2) is 0 Å². The quantitative estimate of drug-likeness (QED) is 0.849. The number of fused-ring (bicyclic) bond motifs is 1. The van der Waals surface area contributed by atoms with E-state index in [1.807, 2.05) is 36.4 Å². The largest absolute Gasteiger partial charge is 0.496 e. The Morgan fingerprint density at radius 2 is 1.90 bits per heavy atom. The van der Waals surface area contributed by atoms with Crippen molar-refractivity contribution in [2.24, 2.45) is 0 Å². The first-order valence-corrected chi connectivity index (χ1v) is 6.71. The van der Waals surface area contributed by atoms with Gasteiger partial charge in [-0.2, -0.15) is 0 Å². The lowest BCUT2D eigenvalue weighted by Crippen LogP contribution is -2.54. The molecule has 0 bridgehead atoms. The minimum atomic E-state index is -0.215. The zero-order valence-electron chi connectivity index (χ0n) is 11.9. The lowest BCUT2D eigenvalue weighted by atomic mass is 9.97. The van der Waals surface area contributed by atoms with E-state index in [-0.39, 0.29) is 18.4 Å². The second kappa shape index (κ2) is 6.39. The summed E-state index contributed by atoms with van der Waals surface area (Å²) in [6, 6.07) is 11.7. The maximum Gasteiger partial charge on any atom is 0.312 e. The van der Waals surface area contributed by atoms with Crippen LogP contribution in [0, 0.1) is 0 Å². The standard InChI is InChI=1S/C16H19NO3/c1-3-20-16(18)10-14(17)12-8-9-15(19-2)13-7-5-4-6-11(12)13/h4-9,14H,3,10,17H2,1-2H3/p+1/t14-/m1/s1. The Hall–Kier alpha value is -2.07. The van der Waals surface area contributed by atoms with Crippen LogP contribution in [0.1, 0.15) is 24.9 Å². The molecule has 0 aliphatic rings. The number of carbonyl (C=O) groups excluding carboxylic acids is 1. The zero-order valence-corrected chi connectivity index (χ0v) is 11.9. The summed E-state index contributed by atoms with van der Waals surface area (Å²) in [5, 5.41) is 2.10. The molecule has 2 rings (SSSR count). The van der Waals surface area contributed by atoms with Crippen molar-refractivity contribution in [1.29, 1.82) is 0 Å². The van der Waals surface area contributed by atoms with Crippen LogP contribution in [0.25, 0.3) is 10.8 Å². The summed E-state index contributed by atoms with van der Waals surface area (Å²) in [4.78, 5) is 11.6. The van der Waals surface area contributed by atoms with Gasteiger partial charge in [0.05, 0.1) is 13.7 Å². The van der Waals surface area contributed by atoms with Crippen molar-refractivity contribution in [3.05, 3.63) is 42.0 Å². The highest BCUT2D eigenvalue weighted by molar-refractivity contribution is 5.91. The van der Waals surface area contributed by atoms with E-state index in [1.54, 1.807) is 14.0 Å². The van der Waals surface area contributed by atoms with Crippen LogP contribution in [-0.2, 0) is 9.53 Å². The van der Waals surface area contributed by atoms with Crippen LogP contribution in [-0.4, -0.2) is 19.7 Å². The molecule has 0 heterocycles. The van der Waals surface area contributed by atoms with Gasteiger partial charge < -0.3 is 15.2 Å². The molecule has 2 aromatic carbocycles. The molecule has 2 aromatic rings. The van der Waals surface area contributed by atoms with Crippen molar-refractivity contribution in [1.82, 2.24) is 0 Å². The third-order valence-electron chi connectivity index (χ3n) is 3.30. The van der Waals surface area contributed by atoms with Crippen LogP contribution in [0.15, 0.2) is 36.4 Å². The number of rotatable bonds is 5. The zero-order chi connectivity index (χ0) is 14.5. The predicted molar refractivity (Wildman–Crippen MR) is 77.4 cm³/mol. The molecule has 0 radical (unpaired) electrons. The van der Waals surface area contributed by atoms with Crippen molar-refractivity contribution in [2.75, 3.05) is 13.7 Å². The second-order valence-electron chi connectivity index (χ2n) is 4.61. The summed E-state index contributed by atoms with van der Waals surface area (Å²) >= 11 is 0. The minimum Gasteiger partial charge on any atom is -0.496 e. The summed E-state index contributed by atoms with van der Waals surface area (Å²) in [7, 11) is 1.65. The van der Waals surface area contributed by atoms with Gasteiger partial charge in [0.2, 0.25) is 0 Å². The van der Waals surface area contributed by atoms with E-state index in [2.05, 4.69) is 5.73 Å². The summed E-state index contributed by atoms with van der Waals surface area (Å²) < 4.78 is 10.4. The Morgan fingerprint density at radius 3 is 2.55 bits per heavy atom. The third kappa shape index (κ3) is 2.91. The van der Waals surface area contributed by atoms with E-state index in [4.69, 9.17) is 9.47 Å². The number of ether oxygens (including phenoxy) is 2. The molecule has 4 heteroatoms. The Bertz CT molecular complexity index is 610. The van der Waals surface area contributed by atoms with Crippen LogP contribution in [0.5, 0.6) is 5.75 Å². The molecule has 0 fully saturated rings. The van der Waals surface area contributed by atoms with Crippen LogP contribution < -0.4 is 10.5 Å². The Labute approximate surface area is 118 Å². The van der Waals surface area contributed by atoms with E-state index in [1.165, 1.54) is 0 Å². The van der Waals surface area contributed by atoms with Gasteiger partial charge in [0.25, 0.3) is 0 Å². The van der Waals surface area contributed by atoms with Crippen LogP contribution >= 0.6 is 0 Å². The first-order valence-electron chi connectivity index (χ1n) is 6.71. The molecule has 106 valence electrons. The Balaban J connectivity index is 2.37. The third-order valence-corrected chi connectivity index (χ3v) is 3.30. The van der Waals surface area contributed by atoms with Gasteiger partial charge in [-0.3, -0.25) is 4.79 Å². The van der Waals surface area contributed by atoms with Crippen molar-refractivity contribution in [2.45, 2.75) is 19.4 Å². The predicted octanol–water partition coefficient (Wildman–Crippen LogP) is 2.08. The maximum atomic E-state index is 11.6. The highest BCUT2D eigenvalue weighted by atomic mass is 16.5. The fourth-order valence-corrected chi connectivity index (χ4v) is 2.36. The lowest BCUT2D eigenvalue weighted by molar-refractivity contribution is -0.425. The van der Waals surface area contributed by atoms with Crippen molar-refractivity contribution >= 4 is 16.7 Å². The molecule has 0 aromatic heterocycles. The summed E-state index contributed by atoms with van der Waals surface area (Å²) in [6.07, 6.45) is 0.282. The summed E-state index contributed by atoms with van der Waals surface area (Å²) in [5.74, 6) is 0.611. The van der Waals surface area contributed by atoms with E-state index in [0.29, 0.717) is 6.61 Å². The van der Waals surface area contributed by atoms with E-state index >= 15 is 0 Å². The van der Waals surface area contributed by atoms with E-state index in [0.717, 1.165) is 22.1 Å². The molecule has 20 heavy (non-hydrogen) atoms. The molecule has 1 atom stereocenters. The highest BCUT2D eigenvalue weighted by Gasteiger charge is 2.19. The fraction of sp³-hybridized carbons (Fsp3) is 0.312. The minimum absolute atomic E-state index is 0.134. The normalized spacial score (nSPS) is 12.2. The Kier molecular flexibility index (Phi) is 4.58. The molecule has 0 amide bonds. The molecule has 0 aliphatic carbocycles. The summed E-state index contributed by atoms with van der Waals surface area (Å²) in [5.41, 5.74) is 5.13. The molecule has 0 spiro atoms. The molecular formula is C16H20NO3+. The number of hydrogen-bond acceptors (Lipinski definition) is 3. The number of methoxy groups -OCH3 is 1. The smallest absolute Gasteiger partial charge is 0.312 e. The lowest BCUT2D eigenvalue weighted by Gasteiger charge is -2.13. The van der Waals surface area contributed by atoms with Crippen LogP contribution in [0.2, 0.25) is 0 Å². The van der Waals surface area contributed by atoms with Crippen molar-refractivity contribution in [3.63, 3.8) is 0 Å². The SMILES string of the molecule is CCOC(=O)C[C@@H]([NH3+])c1ccc(OC)c2ccccc12. The average Bonchev–Trinajstić information content (AvgIpc) is 2.46. The van der Waals surface area contributed by atoms with Gasteiger partial charge in [-0.05, 0) is 24.4 Å². The first kappa shape index (κ1) is 14.3. The molecular weight excluding hydrogens is 254 g/mol. The maximum absolute atomic E-state index is 11.6. The van der Waals surface area contributed by atoms with Gasteiger partial charge in [0, 0.05) is 10.9 Å². The van der Waals surface area contributed by atoms with Crippen LogP contribution in [0.3, 0.4) is 0 Å². The van der Waals surface area contributed by atoms with Crippen molar-refractivity contribution < 1.29 is 20.0 Å². The number of benzene rings is 2. The first-order chi connectivity index (χ1) is 9.67. The molecule has 0 unspecified atom stereocenters. The van der Waals surface area contributed by atoms with Crippen LogP contribution in [0.4, 0.5) is 0 Å². The topological polar surface area (TPSA) is 63.2 Å². The fourth-order valence-electron chi connectivity index (χ4n) is 2.36. The van der Waals surface area contributed by atoms with E-state index < -0.39 is 0 Å².